The molecule has 2 aromatic heterocycles. The van der Waals surface area contributed by atoms with Crippen LogP contribution in [0.2, 0.25) is 0 Å². The second kappa shape index (κ2) is 6.72. The Kier molecular flexibility index (Phi) is 4.68. The maximum atomic E-state index is 11.7. The lowest BCUT2D eigenvalue weighted by Crippen LogP contribution is -2.35. The van der Waals surface area contributed by atoms with E-state index in [9.17, 15) is 8.42 Å². The summed E-state index contributed by atoms with van der Waals surface area (Å²) in [5.41, 5.74) is 1.73. The number of nitrogens with zero attached hydrogens (tertiary/aromatic N) is 4. The Hall–Kier alpha value is -1.86. The summed E-state index contributed by atoms with van der Waals surface area (Å²) in [5, 5.41) is 0. The predicted molar refractivity (Wildman–Crippen MR) is 88.4 cm³/mol. The van der Waals surface area contributed by atoms with Gasteiger partial charge in [0.05, 0.1) is 11.5 Å². The fourth-order valence-corrected chi connectivity index (χ4v) is 4.62. The zero-order valence-electron chi connectivity index (χ0n) is 13.1. The molecule has 2 aromatic rings. The van der Waals surface area contributed by atoms with Crippen molar-refractivity contribution in [3.8, 4) is 11.5 Å². The molecule has 0 bridgehead atoms. The van der Waals surface area contributed by atoms with Gasteiger partial charge in [0.15, 0.2) is 15.7 Å². The number of sulfone groups is 1. The Morgan fingerprint density at radius 2 is 2.00 bits per heavy atom. The number of aromatic nitrogens is 3. The van der Waals surface area contributed by atoms with Gasteiger partial charge in [-0.2, -0.15) is 0 Å². The van der Waals surface area contributed by atoms with Crippen LogP contribution in [0.3, 0.4) is 0 Å². The minimum atomic E-state index is -2.87. The van der Waals surface area contributed by atoms with Crippen LogP contribution in [0.15, 0.2) is 36.8 Å². The van der Waals surface area contributed by atoms with Crippen LogP contribution >= 0.6 is 0 Å². The molecule has 1 saturated heterocycles. The van der Waals surface area contributed by atoms with Crippen molar-refractivity contribution in [2.45, 2.75) is 25.9 Å². The Morgan fingerprint density at radius 3 is 2.57 bits per heavy atom. The summed E-state index contributed by atoms with van der Waals surface area (Å²) < 4.78 is 23.3. The van der Waals surface area contributed by atoms with E-state index in [1.54, 1.807) is 18.6 Å². The van der Waals surface area contributed by atoms with Crippen LogP contribution in [-0.4, -0.2) is 52.4 Å². The van der Waals surface area contributed by atoms with Crippen molar-refractivity contribution in [1.29, 1.82) is 0 Å². The lowest BCUT2D eigenvalue weighted by atomic mass is 10.2. The highest BCUT2D eigenvalue weighted by Gasteiger charge is 2.31. The highest BCUT2D eigenvalue weighted by molar-refractivity contribution is 7.91. The van der Waals surface area contributed by atoms with Crippen molar-refractivity contribution in [1.82, 2.24) is 19.9 Å². The maximum Gasteiger partial charge on any atom is 0.178 e. The van der Waals surface area contributed by atoms with Crippen LogP contribution in [-0.2, 0) is 16.4 Å². The molecule has 0 spiro atoms. The van der Waals surface area contributed by atoms with Crippen LogP contribution < -0.4 is 0 Å². The molecule has 0 N–H and O–H groups in total. The molecule has 0 aromatic carbocycles. The minimum absolute atomic E-state index is 0.0977. The summed E-state index contributed by atoms with van der Waals surface area (Å²) >= 11 is 0. The molecule has 7 heteroatoms. The van der Waals surface area contributed by atoms with E-state index in [-0.39, 0.29) is 11.8 Å². The summed E-state index contributed by atoms with van der Waals surface area (Å²) in [5.74, 6) is 1.15. The Morgan fingerprint density at radius 1 is 1.22 bits per heavy atom. The molecule has 1 atom stereocenters. The van der Waals surface area contributed by atoms with Crippen molar-refractivity contribution in [2.75, 3.05) is 18.1 Å². The van der Waals surface area contributed by atoms with Crippen LogP contribution in [0.1, 0.15) is 18.9 Å². The van der Waals surface area contributed by atoms with Crippen molar-refractivity contribution in [2.24, 2.45) is 0 Å². The highest BCUT2D eigenvalue weighted by Crippen LogP contribution is 2.20. The van der Waals surface area contributed by atoms with Gasteiger partial charge < -0.3 is 0 Å². The molecule has 3 heterocycles. The smallest absolute Gasteiger partial charge is 0.178 e. The Bertz CT molecular complexity index is 747. The van der Waals surface area contributed by atoms with Gasteiger partial charge in [0.25, 0.3) is 0 Å². The van der Waals surface area contributed by atoms with E-state index in [0.717, 1.165) is 17.8 Å². The van der Waals surface area contributed by atoms with Crippen LogP contribution in [0, 0.1) is 0 Å². The summed E-state index contributed by atoms with van der Waals surface area (Å²) in [6.07, 6.45) is 6.02. The topological polar surface area (TPSA) is 76.1 Å². The molecule has 1 fully saturated rings. The highest BCUT2D eigenvalue weighted by atomic mass is 32.2. The van der Waals surface area contributed by atoms with Crippen LogP contribution in [0.25, 0.3) is 11.5 Å². The predicted octanol–water partition coefficient (Wildman–Crippen LogP) is 1.55. The normalized spacial score (nSPS) is 20.0. The molecule has 1 aliphatic heterocycles. The molecule has 122 valence electrons. The van der Waals surface area contributed by atoms with E-state index in [4.69, 9.17) is 0 Å². The summed E-state index contributed by atoms with van der Waals surface area (Å²) in [6.45, 7) is 3.52. The molecule has 0 aliphatic carbocycles. The first-order valence-electron chi connectivity index (χ1n) is 7.74. The third-order valence-electron chi connectivity index (χ3n) is 4.12. The first-order chi connectivity index (χ1) is 11.1. The first kappa shape index (κ1) is 16.0. The van der Waals surface area contributed by atoms with Crippen molar-refractivity contribution >= 4 is 9.84 Å². The van der Waals surface area contributed by atoms with Gasteiger partial charge in [-0.05, 0) is 25.1 Å². The third kappa shape index (κ3) is 3.92. The van der Waals surface area contributed by atoms with E-state index >= 15 is 0 Å². The standard InChI is InChI=1S/C16H20N4O2S/c1-2-20(14-6-8-23(21,22)12-14)11-13-9-18-16(19-10-13)15-5-3-4-7-17-15/h3-5,7,9-10,14H,2,6,8,11-12H2,1H3/t14-/m0/s1. The molecular weight excluding hydrogens is 312 g/mol. The van der Waals surface area contributed by atoms with Crippen LogP contribution in [0.5, 0.6) is 0 Å². The van der Waals surface area contributed by atoms with E-state index in [1.165, 1.54) is 0 Å². The molecule has 0 unspecified atom stereocenters. The van der Waals surface area contributed by atoms with Gasteiger partial charge in [0, 0.05) is 36.7 Å². The molecule has 3 rings (SSSR count). The van der Waals surface area contributed by atoms with Gasteiger partial charge in [-0.25, -0.2) is 18.4 Å². The second-order valence-corrected chi connectivity index (χ2v) is 7.98. The summed E-state index contributed by atoms with van der Waals surface area (Å²) in [4.78, 5) is 15.2. The Balaban J connectivity index is 1.70. The summed E-state index contributed by atoms with van der Waals surface area (Å²) in [6, 6.07) is 5.72. The molecule has 0 amide bonds. The van der Waals surface area contributed by atoms with Gasteiger partial charge in [-0.1, -0.05) is 13.0 Å². The van der Waals surface area contributed by atoms with Gasteiger partial charge in [-0.3, -0.25) is 9.88 Å². The third-order valence-corrected chi connectivity index (χ3v) is 5.87. The number of rotatable bonds is 5. The number of hydrogen-bond acceptors (Lipinski definition) is 6. The first-order valence-corrected chi connectivity index (χ1v) is 9.56. The maximum absolute atomic E-state index is 11.7. The van der Waals surface area contributed by atoms with Gasteiger partial charge in [0.2, 0.25) is 0 Å². The van der Waals surface area contributed by atoms with Gasteiger partial charge in [-0.15, -0.1) is 0 Å². The largest absolute Gasteiger partial charge is 0.295 e. The minimum Gasteiger partial charge on any atom is -0.295 e. The molecule has 1 aliphatic rings. The molecular formula is C16H20N4O2S. The zero-order valence-corrected chi connectivity index (χ0v) is 13.9. The average Bonchev–Trinajstić information content (AvgIpc) is 2.94. The van der Waals surface area contributed by atoms with Crippen molar-refractivity contribution < 1.29 is 8.42 Å². The average molecular weight is 332 g/mol. The van der Waals surface area contributed by atoms with Gasteiger partial charge >= 0.3 is 0 Å². The summed E-state index contributed by atoms with van der Waals surface area (Å²) in [7, 11) is -2.87. The fourth-order valence-electron chi connectivity index (χ4n) is 2.86. The SMILES string of the molecule is CCN(Cc1cnc(-c2ccccn2)nc1)[C@H]1CCS(=O)(=O)C1. The monoisotopic (exact) mass is 332 g/mol. The number of hydrogen-bond donors (Lipinski definition) is 0. The lowest BCUT2D eigenvalue weighted by Gasteiger charge is -2.26. The van der Waals surface area contributed by atoms with E-state index in [0.29, 0.717) is 24.5 Å². The molecule has 6 nitrogen and oxygen atoms in total. The van der Waals surface area contributed by atoms with Crippen molar-refractivity contribution in [3.63, 3.8) is 0 Å². The number of pyridine rings is 1. The molecule has 0 radical (unpaired) electrons. The fraction of sp³-hybridized carbons (Fsp3) is 0.438. The quantitative estimate of drug-likeness (QED) is 0.827. The van der Waals surface area contributed by atoms with E-state index in [1.807, 2.05) is 25.1 Å². The van der Waals surface area contributed by atoms with Crippen molar-refractivity contribution in [3.05, 3.63) is 42.4 Å². The Labute approximate surface area is 136 Å². The van der Waals surface area contributed by atoms with E-state index in [2.05, 4.69) is 19.9 Å². The molecule has 23 heavy (non-hydrogen) atoms. The van der Waals surface area contributed by atoms with E-state index < -0.39 is 9.84 Å². The zero-order chi connectivity index (χ0) is 16.3. The van der Waals surface area contributed by atoms with Gasteiger partial charge in [0.1, 0.15) is 5.69 Å². The molecule has 0 saturated carbocycles. The lowest BCUT2D eigenvalue weighted by molar-refractivity contribution is 0.214. The van der Waals surface area contributed by atoms with Crippen LogP contribution in [0.4, 0.5) is 0 Å². The second-order valence-electron chi connectivity index (χ2n) is 5.75.